The molecule has 1 aromatic rings. The van der Waals surface area contributed by atoms with Crippen LogP contribution in [0, 0.1) is 11.8 Å². The molecule has 1 aromatic carbocycles. The van der Waals surface area contributed by atoms with Crippen molar-refractivity contribution in [3.8, 4) is 0 Å². The Hall–Kier alpha value is -1.84. The Balaban J connectivity index is 2.02. The fraction of sp³-hybridized carbons (Fsp3) is 0.556. The molecule has 0 bridgehead atoms. The first-order valence-electron chi connectivity index (χ1n) is 8.04. The Morgan fingerprint density at radius 1 is 1.32 bits per heavy atom. The lowest BCUT2D eigenvalue weighted by Gasteiger charge is -2.30. The predicted molar refractivity (Wildman–Crippen MR) is 86.7 cm³/mol. The van der Waals surface area contributed by atoms with E-state index in [4.69, 9.17) is 9.57 Å². The molecule has 4 nitrogen and oxygen atoms in total. The summed E-state index contributed by atoms with van der Waals surface area (Å²) in [5, 5.41) is 4.09. The average molecular weight is 303 g/mol. The largest absolute Gasteiger partial charge is 0.466 e. The van der Waals surface area contributed by atoms with Crippen LogP contribution in [-0.2, 0) is 20.8 Å². The van der Waals surface area contributed by atoms with E-state index in [-0.39, 0.29) is 17.8 Å². The smallest absolute Gasteiger partial charge is 0.309 e. The van der Waals surface area contributed by atoms with Gasteiger partial charge < -0.3 is 9.57 Å². The van der Waals surface area contributed by atoms with Crippen LogP contribution in [0.25, 0.3) is 0 Å². The molecule has 1 aliphatic carbocycles. The molecule has 0 aliphatic heterocycles. The van der Waals surface area contributed by atoms with E-state index >= 15 is 0 Å². The monoisotopic (exact) mass is 303 g/mol. The first-order chi connectivity index (χ1) is 10.7. The van der Waals surface area contributed by atoms with Crippen molar-refractivity contribution in [1.82, 2.24) is 0 Å². The minimum atomic E-state index is -0.0583. The SMILES string of the molecule is CCOC(=O)C1CC/C(=N/OC)CC1CCc1ccccc1. The Bertz CT molecular complexity index is 498. The average Bonchev–Trinajstić information content (AvgIpc) is 2.54. The normalized spacial score (nSPS) is 23.3. The number of hydrogen-bond acceptors (Lipinski definition) is 4. The summed E-state index contributed by atoms with van der Waals surface area (Å²) in [6.45, 7) is 2.30. The molecule has 0 amide bonds. The summed E-state index contributed by atoms with van der Waals surface area (Å²) in [7, 11) is 1.57. The molecule has 2 atom stereocenters. The third kappa shape index (κ3) is 4.58. The third-order valence-corrected chi connectivity index (χ3v) is 4.27. The number of esters is 1. The van der Waals surface area contributed by atoms with Gasteiger partial charge in [-0.2, -0.15) is 0 Å². The van der Waals surface area contributed by atoms with Gasteiger partial charge in [-0.3, -0.25) is 4.79 Å². The zero-order chi connectivity index (χ0) is 15.8. The fourth-order valence-corrected chi connectivity index (χ4v) is 3.18. The Labute approximate surface area is 132 Å². The minimum absolute atomic E-state index is 0.0144. The number of benzene rings is 1. The minimum Gasteiger partial charge on any atom is -0.466 e. The van der Waals surface area contributed by atoms with E-state index in [9.17, 15) is 4.79 Å². The van der Waals surface area contributed by atoms with Crippen molar-refractivity contribution >= 4 is 11.7 Å². The summed E-state index contributed by atoms with van der Waals surface area (Å²) in [5.74, 6) is 0.207. The molecule has 0 radical (unpaired) electrons. The summed E-state index contributed by atoms with van der Waals surface area (Å²) in [6.07, 6.45) is 4.39. The van der Waals surface area contributed by atoms with Crippen LogP contribution in [0.1, 0.15) is 38.2 Å². The number of aryl methyl sites for hydroxylation is 1. The highest BCUT2D eigenvalue weighted by Gasteiger charge is 2.34. The van der Waals surface area contributed by atoms with Gasteiger partial charge in [-0.15, -0.1) is 0 Å². The Kier molecular flexibility index (Phi) is 6.44. The van der Waals surface area contributed by atoms with Gasteiger partial charge in [-0.1, -0.05) is 35.5 Å². The number of rotatable bonds is 6. The van der Waals surface area contributed by atoms with Crippen LogP contribution in [0.2, 0.25) is 0 Å². The summed E-state index contributed by atoms with van der Waals surface area (Å²) in [6, 6.07) is 10.4. The molecular formula is C18H25NO3. The molecule has 120 valence electrons. The van der Waals surface area contributed by atoms with Crippen molar-refractivity contribution < 1.29 is 14.4 Å². The molecule has 0 saturated heterocycles. The molecule has 2 unspecified atom stereocenters. The van der Waals surface area contributed by atoms with E-state index in [1.165, 1.54) is 5.56 Å². The van der Waals surface area contributed by atoms with Gasteiger partial charge in [0.15, 0.2) is 0 Å². The first kappa shape index (κ1) is 16.5. The number of oxime groups is 1. The first-order valence-corrected chi connectivity index (χ1v) is 8.04. The van der Waals surface area contributed by atoms with Crippen molar-refractivity contribution in [1.29, 1.82) is 0 Å². The van der Waals surface area contributed by atoms with E-state index in [1.807, 2.05) is 13.0 Å². The van der Waals surface area contributed by atoms with E-state index in [0.29, 0.717) is 6.61 Å². The molecule has 4 heteroatoms. The van der Waals surface area contributed by atoms with Gasteiger partial charge in [0.05, 0.1) is 18.2 Å². The van der Waals surface area contributed by atoms with Gasteiger partial charge in [0.1, 0.15) is 7.11 Å². The highest BCUT2D eigenvalue weighted by atomic mass is 16.6. The Morgan fingerprint density at radius 2 is 2.09 bits per heavy atom. The predicted octanol–water partition coefficient (Wildman–Crippen LogP) is 3.60. The number of hydrogen-bond donors (Lipinski definition) is 0. The lowest BCUT2D eigenvalue weighted by atomic mass is 9.75. The fourth-order valence-electron chi connectivity index (χ4n) is 3.18. The number of carbonyl (C=O) groups excluding carboxylic acids is 1. The molecular weight excluding hydrogens is 278 g/mol. The van der Waals surface area contributed by atoms with Gasteiger partial charge in [-0.05, 0) is 50.5 Å². The molecule has 22 heavy (non-hydrogen) atoms. The van der Waals surface area contributed by atoms with Crippen molar-refractivity contribution in [2.24, 2.45) is 17.0 Å². The highest BCUT2D eigenvalue weighted by molar-refractivity contribution is 5.87. The zero-order valence-electron chi connectivity index (χ0n) is 13.5. The lowest BCUT2D eigenvalue weighted by Crippen LogP contribution is -2.32. The maximum Gasteiger partial charge on any atom is 0.309 e. The van der Waals surface area contributed by atoms with Crippen LogP contribution in [0.4, 0.5) is 0 Å². The molecule has 0 spiro atoms. The second kappa shape index (κ2) is 8.57. The maximum absolute atomic E-state index is 12.2. The number of carbonyl (C=O) groups is 1. The molecule has 1 fully saturated rings. The molecule has 2 rings (SSSR count). The second-order valence-corrected chi connectivity index (χ2v) is 5.73. The van der Waals surface area contributed by atoms with E-state index in [1.54, 1.807) is 7.11 Å². The summed E-state index contributed by atoms with van der Waals surface area (Å²) >= 11 is 0. The van der Waals surface area contributed by atoms with Crippen molar-refractivity contribution in [2.45, 2.75) is 39.0 Å². The molecule has 1 saturated carbocycles. The van der Waals surface area contributed by atoms with Gasteiger partial charge in [0.25, 0.3) is 0 Å². The summed E-state index contributed by atoms with van der Waals surface area (Å²) in [5.41, 5.74) is 2.36. The van der Waals surface area contributed by atoms with E-state index in [2.05, 4.69) is 29.4 Å². The number of nitrogens with zero attached hydrogens (tertiary/aromatic N) is 1. The van der Waals surface area contributed by atoms with Crippen LogP contribution < -0.4 is 0 Å². The van der Waals surface area contributed by atoms with Crippen molar-refractivity contribution in [3.63, 3.8) is 0 Å². The van der Waals surface area contributed by atoms with Crippen LogP contribution in [0.3, 0.4) is 0 Å². The van der Waals surface area contributed by atoms with E-state index in [0.717, 1.165) is 37.8 Å². The molecule has 0 N–H and O–H groups in total. The summed E-state index contributed by atoms with van der Waals surface area (Å²) < 4.78 is 5.25. The van der Waals surface area contributed by atoms with Crippen LogP contribution in [0.15, 0.2) is 35.5 Å². The van der Waals surface area contributed by atoms with Crippen LogP contribution in [0.5, 0.6) is 0 Å². The number of ether oxygens (including phenoxy) is 1. The van der Waals surface area contributed by atoms with Crippen molar-refractivity contribution in [3.05, 3.63) is 35.9 Å². The quantitative estimate of drug-likeness (QED) is 0.596. The molecule has 0 heterocycles. The lowest BCUT2D eigenvalue weighted by molar-refractivity contribution is -0.150. The Morgan fingerprint density at radius 3 is 2.77 bits per heavy atom. The third-order valence-electron chi connectivity index (χ3n) is 4.27. The van der Waals surface area contributed by atoms with Gasteiger partial charge in [0, 0.05) is 0 Å². The van der Waals surface area contributed by atoms with Gasteiger partial charge in [-0.25, -0.2) is 0 Å². The molecule has 0 aromatic heterocycles. The van der Waals surface area contributed by atoms with Crippen LogP contribution in [-0.4, -0.2) is 25.4 Å². The second-order valence-electron chi connectivity index (χ2n) is 5.73. The van der Waals surface area contributed by atoms with E-state index < -0.39 is 0 Å². The van der Waals surface area contributed by atoms with Crippen LogP contribution >= 0.6 is 0 Å². The topological polar surface area (TPSA) is 47.9 Å². The van der Waals surface area contributed by atoms with Gasteiger partial charge in [0.2, 0.25) is 0 Å². The summed E-state index contributed by atoms with van der Waals surface area (Å²) in [4.78, 5) is 17.1. The zero-order valence-corrected chi connectivity index (χ0v) is 13.5. The molecule has 1 aliphatic rings. The highest BCUT2D eigenvalue weighted by Crippen LogP contribution is 2.33. The van der Waals surface area contributed by atoms with Crippen molar-refractivity contribution in [2.75, 3.05) is 13.7 Å². The maximum atomic E-state index is 12.2. The standard InChI is InChI=1S/C18H25NO3/c1-3-22-18(20)17-12-11-16(19-21-2)13-15(17)10-9-14-7-5-4-6-8-14/h4-8,15,17H,3,9-13H2,1-2H3/b19-16-. The van der Waals surface area contributed by atoms with Gasteiger partial charge >= 0.3 is 5.97 Å².